The van der Waals surface area contributed by atoms with Crippen molar-refractivity contribution >= 4 is 5.69 Å². The van der Waals surface area contributed by atoms with Crippen LogP contribution in [-0.4, -0.2) is 19.6 Å². The van der Waals surface area contributed by atoms with Crippen molar-refractivity contribution in [3.05, 3.63) is 29.8 Å². The SMILES string of the molecule is CCCCN(c1ccc(CNC)cc1)C1CC1. The molecular weight excluding hydrogens is 208 g/mol. The first kappa shape index (κ1) is 12.4. The quantitative estimate of drug-likeness (QED) is 0.777. The summed E-state index contributed by atoms with van der Waals surface area (Å²) in [6.07, 6.45) is 5.33. The fourth-order valence-electron chi connectivity index (χ4n) is 2.25. The Balaban J connectivity index is 2.01. The molecule has 1 aliphatic carbocycles. The second kappa shape index (κ2) is 6.06. The number of benzene rings is 1. The second-order valence-electron chi connectivity index (χ2n) is 4.97. The Labute approximate surface area is 105 Å². The Hall–Kier alpha value is -1.02. The van der Waals surface area contributed by atoms with Gasteiger partial charge < -0.3 is 10.2 Å². The van der Waals surface area contributed by atoms with E-state index in [1.54, 1.807) is 0 Å². The number of hydrogen-bond acceptors (Lipinski definition) is 2. The molecule has 0 radical (unpaired) electrons. The molecule has 0 spiro atoms. The highest BCUT2D eigenvalue weighted by Crippen LogP contribution is 2.31. The Bertz CT molecular complexity index is 327. The first-order valence-corrected chi connectivity index (χ1v) is 6.85. The van der Waals surface area contributed by atoms with E-state index in [4.69, 9.17) is 0 Å². The summed E-state index contributed by atoms with van der Waals surface area (Å²) in [6.45, 7) is 4.44. The molecule has 0 aliphatic heterocycles. The highest BCUT2D eigenvalue weighted by molar-refractivity contribution is 5.49. The van der Waals surface area contributed by atoms with Gasteiger partial charge in [0.25, 0.3) is 0 Å². The third kappa shape index (κ3) is 3.47. The van der Waals surface area contributed by atoms with Crippen molar-refractivity contribution in [2.75, 3.05) is 18.5 Å². The van der Waals surface area contributed by atoms with E-state index in [-0.39, 0.29) is 0 Å². The van der Waals surface area contributed by atoms with Crippen molar-refractivity contribution in [2.24, 2.45) is 0 Å². The molecule has 1 N–H and O–H groups in total. The summed E-state index contributed by atoms with van der Waals surface area (Å²) in [5.74, 6) is 0. The van der Waals surface area contributed by atoms with E-state index >= 15 is 0 Å². The summed E-state index contributed by atoms with van der Waals surface area (Å²) >= 11 is 0. The molecule has 1 fully saturated rings. The minimum Gasteiger partial charge on any atom is -0.369 e. The van der Waals surface area contributed by atoms with Crippen LogP contribution in [0.25, 0.3) is 0 Å². The van der Waals surface area contributed by atoms with Gasteiger partial charge in [0.1, 0.15) is 0 Å². The van der Waals surface area contributed by atoms with Crippen molar-refractivity contribution in [1.82, 2.24) is 5.32 Å². The molecule has 0 amide bonds. The van der Waals surface area contributed by atoms with Crippen molar-refractivity contribution in [1.29, 1.82) is 0 Å². The molecule has 0 heterocycles. The molecule has 2 nitrogen and oxygen atoms in total. The molecule has 0 aromatic heterocycles. The van der Waals surface area contributed by atoms with Gasteiger partial charge in [-0.2, -0.15) is 0 Å². The molecule has 0 bridgehead atoms. The van der Waals surface area contributed by atoms with Crippen LogP contribution in [0.2, 0.25) is 0 Å². The van der Waals surface area contributed by atoms with Crippen LogP contribution >= 0.6 is 0 Å². The smallest absolute Gasteiger partial charge is 0.0368 e. The average Bonchev–Trinajstić information content (AvgIpc) is 3.16. The Morgan fingerprint density at radius 2 is 1.94 bits per heavy atom. The van der Waals surface area contributed by atoms with Crippen molar-refractivity contribution in [2.45, 2.75) is 45.2 Å². The Kier molecular flexibility index (Phi) is 4.43. The van der Waals surface area contributed by atoms with Gasteiger partial charge in [0.2, 0.25) is 0 Å². The van der Waals surface area contributed by atoms with Gasteiger partial charge in [-0.1, -0.05) is 25.5 Å². The topological polar surface area (TPSA) is 15.3 Å². The molecule has 1 aromatic carbocycles. The number of anilines is 1. The van der Waals surface area contributed by atoms with E-state index in [0.29, 0.717) is 0 Å². The first-order valence-electron chi connectivity index (χ1n) is 6.85. The minimum absolute atomic E-state index is 0.816. The lowest BCUT2D eigenvalue weighted by Gasteiger charge is -2.24. The fourth-order valence-corrected chi connectivity index (χ4v) is 2.25. The van der Waals surface area contributed by atoms with Gasteiger partial charge in [0, 0.05) is 24.8 Å². The van der Waals surface area contributed by atoms with E-state index in [1.165, 1.54) is 43.5 Å². The molecule has 1 saturated carbocycles. The maximum absolute atomic E-state index is 3.19. The summed E-state index contributed by atoms with van der Waals surface area (Å²) in [6, 6.07) is 9.86. The van der Waals surface area contributed by atoms with E-state index in [0.717, 1.165) is 12.6 Å². The van der Waals surface area contributed by atoms with Crippen LogP contribution in [0.1, 0.15) is 38.2 Å². The van der Waals surface area contributed by atoms with Gasteiger partial charge in [-0.3, -0.25) is 0 Å². The van der Waals surface area contributed by atoms with Crippen molar-refractivity contribution in [3.63, 3.8) is 0 Å². The lowest BCUT2D eigenvalue weighted by molar-refractivity contribution is 0.712. The third-order valence-corrected chi connectivity index (χ3v) is 3.39. The number of rotatable bonds is 7. The van der Waals surface area contributed by atoms with Crippen LogP contribution < -0.4 is 10.2 Å². The summed E-state index contributed by atoms with van der Waals surface area (Å²) in [7, 11) is 1.99. The van der Waals surface area contributed by atoms with E-state index in [1.807, 2.05) is 7.05 Å². The molecule has 2 rings (SSSR count). The number of nitrogens with zero attached hydrogens (tertiary/aromatic N) is 1. The number of hydrogen-bond donors (Lipinski definition) is 1. The zero-order chi connectivity index (χ0) is 12.1. The van der Waals surface area contributed by atoms with Gasteiger partial charge in [-0.15, -0.1) is 0 Å². The molecule has 17 heavy (non-hydrogen) atoms. The van der Waals surface area contributed by atoms with Crippen LogP contribution in [-0.2, 0) is 6.54 Å². The van der Waals surface area contributed by atoms with Crippen LogP contribution in [0.15, 0.2) is 24.3 Å². The number of nitrogens with one attached hydrogen (secondary N) is 1. The molecular formula is C15H24N2. The Morgan fingerprint density at radius 3 is 2.47 bits per heavy atom. The predicted molar refractivity (Wildman–Crippen MR) is 74.5 cm³/mol. The average molecular weight is 232 g/mol. The lowest BCUT2D eigenvalue weighted by atomic mass is 10.2. The van der Waals surface area contributed by atoms with E-state index in [2.05, 4.69) is 41.4 Å². The standard InChI is InChI=1S/C15H24N2/c1-3-4-11-17(15-9-10-15)14-7-5-13(6-8-14)12-16-2/h5-8,15-16H,3-4,9-12H2,1-2H3. The lowest BCUT2D eigenvalue weighted by Crippen LogP contribution is -2.26. The predicted octanol–water partition coefficient (Wildman–Crippen LogP) is 3.17. The first-order chi connectivity index (χ1) is 8.35. The monoisotopic (exact) mass is 232 g/mol. The molecule has 1 aromatic rings. The zero-order valence-corrected chi connectivity index (χ0v) is 11.1. The molecule has 0 saturated heterocycles. The summed E-state index contributed by atoms with van der Waals surface area (Å²) in [4.78, 5) is 2.59. The summed E-state index contributed by atoms with van der Waals surface area (Å²) < 4.78 is 0. The van der Waals surface area contributed by atoms with E-state index in [9.17, 15) is 0 Å². The second-order valence-corrected chi connectivity index (χ2v) is 4.97. The van der Waals surface area contributed by atoms with Gasteiger partial charge in [-0.05, 0) is 44.0 Å². The highest BCUT2D eigenvalue weighted by atomic mass is 15.2. The van der Waals surface area contributed by atoms with Crippen LogP contribution in [0, 0.1) is 0 Å². The molecule has 1 aliphatic rings. The summed E-state index contributed by atoms with van der Waals surface area (Å²) in [5, 5.41) is 3.19. The van der Waals surface area contributed by atoms with Crippen molar-refractivity contribution in [3.8, 4) is 0 Å². The zero-order valence-electron chi connectivity index (χ0n) is 11.1. The molecule has 0 unspecified atom stereocenters. The van der Waals surface area contributed by atoms with Crippen LogP contribution in [0.3, 0.4) is 0 Å². The van der Waals surface area contributed by atoms with Gasteiger partial charge in [-0.25, -0.2) is 0 Å². The van der Waals surface area contributed by atoms with Gasteiger partial charge >= 0.3 is 0 Å². The third-order valence-electron chi connectivity index (χ3n) is 3.39. The normalized spacial score (nSPS) is 14.9. The molecule has 94 valence electrons. The summed E-state index contributed by atoms with van der Waals surface area (Å²) in [5.41, 5.74) is 2.77. The fraction of sp³-hybridized carbons (Fsp3) is 0.600. The van der Waals surface area contributed by atoms with Crippen LogP contribution in [0.5, 0.6) is 0 Å². The Morgan fingerprint density at radius 1 is 1.24 bits per heavy atom. The highest BCUT2D eigenvalue weighted by Gasteiger charge is 2.28. The van der Waals surface area contributed by atoms with Crippen LogP contribution in [0.4, 0.5) is 5.69 Å². The number of unbranched alkanes of at least 4 members (excludes halogenated alkanes) is 1. The van der Waals surface area contributed by atoms with Gasteiger partial charge in [0.05, 0.1) is 0 Å². The van der Waals surface area contributed by atoms with E-state index < -0.39 is 0 Å². The molecule has 0 atom stereocenters. The maximum Gasteiger partial charge on any atom is 0.0368 e. The molecule has 2 heteroatoms. The van der Waals surface area contributed by atoms with Gasteiger partial charge in [0.15, 0.2) is 0 Å². The van der Waals surface area contributed by atoms with Crippen molar-refractivity contribution < 1.29 is 0 Å². The largest absolute Gasteiger partial charge is 0.369 e. The maximum atomic E-state index is 3.19. The minimum atomic E-state index is 0.816.